The molecule has 96 valence electrons. The smallest absolute Gasteiger partial charge is 0.143 e. The fourth-order valence-corrected chi connectivity index (χ4v) is 2.72. The Bertz CT molecular complexity index is 450. The quantitative estimate of drug-likeness (QED) is 0.872. The van der Waals surface area contributed by atoms with E-state index in [1.54, 1.807) is 6.07 Å². The van der Waals surface area contributed by atoms with Gasteiger partial charge in [0.2, 0.25) is 0 Å². The van der Waals surface area contributed by atoms with Crippen LogP contribution in [0.1, 0.15) is 44.6 Å². The summed E-state index contributed by atoms with van der Waals surface area (Å²) in [4.78, 5) is 0. The van der Waals surface area contributed by atoms with Gasteiger partial charge in [-0.25, -0.2) is 4.39 Å². The largest absolute Gasteiger partial charge is 0.382 e. The molecule has 18 heavy (non-hydrogen) atoms. The number of hydrogen-bond donors (Lipinski definition) is 1. The molecule has 1 aliphatic carbocycles. The lowest BCUT2D eigenvalue weighted by molar-refractivity contribution is 0.327. The second-order valence-electron chi connectivity index (χ2n) is 5.09. The molecule has 0 spiro atoms. The highest BCUT2D eigenvalue weighted by Gasteiger charge is 2.20. The van der Waals surface area contributed by atoms with Gasteiger partial charge >= 0.3 is 0 Å². The summed E-state index contributed by atoms with van der Waals surface area (Å²) in [5.41, 5.74) is 0.892. The Hall–Kier alpha value is -1.56. The molecule has 1 aromatic rings. The molecule has 1 aromatic carbocycles. The zero-order valence-electron chi connectivity index (χ0n) is 10.7. The Kier molecular flexibility index (Phi) is 4.19. The van der Waals surface area contributed by atoms with Gasteiger partial charge in [0.1, 0.15) is 11.9 Å². The van der Waals surface area contributed by atoms with Crippen molar-refractivity contribution in [3.63, 3.8) is 0 Å². The molecular formula is C15H19FN2. The van der Waals surface area contributed by atoms with Crippen LogP contribution in [0.25, 0.3) is 0 Å². The summed E-state index contributed by atoms with van der Waals surface area (Å²) < 4.78 is 13.5. The third kappa shape index (κ3) is 3.01. The molecule has 2 rings (SSSR count). The normalized spacial score (nSPS) is 23.4. The fourth-order valence-electron chi connectivity index (χ4n) is 2.72. The molecule has 2 nitrogen and oxygen atoms in total. The van der Waals surface area contributed by atoms with Crippen molar-refractivity contribution in [3.8, 4) is 6.07 Å². The van der Waals surface area contributed by atoms with Gasteiger partial charge in [-0.1, -0.05) is 26.2 Å². The Morgan fingerprint density at radius 3 is 2.94 bits per heavy atom. The average molecular weight is 246 g/mol. The third-order valence-electron chi connectivity index (χ3n) is 3.82. The zero-order chi connectivity index (χ0) is 13.0. The molecule has 0 amide bonds. The van der Waals surface area contributed by atoms with Crippen molar-refractivity contribution in [2.45, 2.75) is 45.1 Å². The zero-order valence-corrected chi connectivity index (χ0v) is 10.7. The molecule has 0 bridgehead atoms. The monoisotopic (exact) mass is 246 g/mol. The van der Waals surface area contributed by atoms with E-state index in [9.17, 15) is 4.39 Å². The number of benzene rings is 1. The summed E-state index contributed by atoms with van der Waals surface area (Å²) in [6, 6.07) is 7.03. The van der Waals surface area contributed by atoms with Crippen molar-refractivity contribution >= 4 is 5.69 Å². The summed E-state index contributed by atoms with van der Waals surface area (Å²) >= 11 is 0. The van der Waals surface area contributed by atoms with E-state index in [1.165, 1.54) is 31.4 Å². The lowest BCUT2D eigenvalue weighted by Crippen LogP contribution is -2.27. The highest BCUT2D eigenvalue weighted by atomic mass is 19.1. The van der Waals surface area contributed by atoms with E-state index >= 15 is 0 Å². The topological polar surface area (TPSA) is 35.8 Å². The predicted molar refractivity (Wildman–Crippen MR) is 70.8 cm³/mol. The molecule has 0 saturated heterocycles. The van der Waals surface area contributed by atoms with E-state index in [1.807, 2.05) is 6.07 Å². The minimum absolute atomic E-state index is 0.107. The maximum Gasteiger partial charge on any atom is 0.143 e. The van der Waals surface area contributed by atoms with Crippen LogP contribution < -0.4 is 5.32 Å². The van der Waals surface area contributed by atoms with Crippen LogP contribution in [0.5, 0.6) is 0 Å². The first-order valence-corrected chi connectivity index (χ1v) is 6.69. The first-order chi connectivity index (χ1) is 8.72. The summed E-state index contributed by atoms with van der Waals surface area (Å²) in [5.74, 6) is 0.352. The lowest BCUT2D eigenvalue weighted by atomic mass is 9.84. The molecule has 2 unspecified atom stereocenters. The molecule has 1 saturated carbocycles. The number of nitrogens with zero attached hydrogens (tertiary/aromatic N) is 1. The van der Waals surface area contributed by atoms with Gasteiger partial charge in [-0.05, 0) is 37.0 Å². The number of nitrogens with one attached hydrogen (secondary N) is 1. The van der Waals surface area contributed by atoms with Crippen LogP contribution in [0.15, 0.2) is 18.2 Å². The first kappa shape index (κ1) is 12.9. The molecule has 0 radical (unpaired) electrons. The molecule has 1 aliphatic rings. The van der Waals surface area contributed by atoms with E-state index in [-0.39, 0.29) is 5.56 Å². The lowest BCUT2D eigenvalue weighted by Gasteiger charge is -2.29. The molecule has 0 aromatic heterocycles. The second-order valence-corrected chi connectivity index (χ2v) is 5.09. The molecule has 1 fully saturated rings. The van der Waals surface area contributed by atoms with Crippen molar-refractivity contribution in [1.82, 2.24) is 0 Å². The Morgan fingerprint density at radius 1 is 1.44 bits per heavy atom. The molecule has 1 N–H and O–H groups in total. The summed E-state index contributed by atoms with van der Waals surface area (Å²) in [6.07, 6.45) is 6.10. The van der Waals surface area contributed by atoms with Gasteiger partial charge in [0.05, 0.1) is 5.56 Å². The van der Waals surface area contributed by atoms with Crippen molar-refractivity contribution in [2.24, 2.45) is 5.92 Å². The van der Waals surface area contributed by atoms with Gasteiger partial charge in [0.25, 0.3) is 0 Å². The molecule has 3 heteroatoms. The SMILES string of the molecule is CCC1CCCC(Nc2ccc(C#N)c(F)c2)C1. The van der Waals surface area contributed by atoms with Gasteiger partial charge < -0.3 is 5.32 Å². The maximum atomic E-state index is 13.5. The van der Waals surface area contributed by atoms with Crippen LogP contribution >= 0.6 is 0 Å². The van der Waals surface area contributed by atoms with Gasteiger partial charge in [-0.15, -0.1) is 0 Å². The standard InChI is InChI=1S/C15H19FN2/c1-2-11-4-3-5-13(8-11)18-14-7-6-12(10-17)15(16)9-14/h6-7,9,11,13,18H,2-5,8H2,1H3. The van der Waals surface area contributed by atoms with Gasteiger partial charge in [-0.2, -0.15) is 5.26 Å². The fraction of sp³-hybridized carbons (Fsp3) is 0.533. The van der Waals surface area contributed by atoms with E-state index in [0.717, 1.165) is 24.4 Å². The Balaban J connectivity index is 2.01. The number of rotatable bonds is 3. The van der Waals surface area contributed by atoms with Crippen molar-refractivity contribution < 1.29 is 4.39 Å². The van der Waals surface area contributed by atoms with E-state index in [2.05, 4.69) is 12.2 Å². The van der Waals surface area contributed by atoms with Crippen LogP contribution in [-0.4, -0.2) is 6.04 Å². The van der Waals surface area contributed by atoms with Crippen LogP contribution in [0.4, 0.5) is 10.1 Å². The highest BCUT2D eigenvalue weighted by molar-refractivity contribution is 5.48. The number of anilines is 1. The van der Waals surface area contributed by atoms with Gasteiger partial charge in [-0.3, -0.25) is 0 Å². The number of nitriles is 1. The molecule has 2 atom stereocenters. The van der Waals surface area contributed by atoms with Crippen molar-refractivity contribution in [3.05, 3.63) is 29.6 Å². The first-order valence-electron chi connectivity index (χ1n) is 6.69. The van der Waals surface area contributed by atoms with Crippen LogP contribution in [0.2, 0.25) is 0 Å². The highest BCUT2D eigenvalue weighted by Crippen LogP contribution is 2.28. The Labute approximate surface area is 108 Å². The minimum atomic E-state index is -0.439. The molecular weight excluding hydrogens is 227 g/mol. The van der Waals surface area contributed by atoms with Crippen LogP contribution in [0.3, 0.4) is 0 Å². The number of halogens is 1. The Morgan fingerprint density at radius 2 is 2.28 bits per heavy atom. The van der Waals surface area contributed by atoms with Crippen LogP contribution in [0, 0.1) is 23.1 Å². The van der Waals surface area contributed by atoms with Crippen LogP contribution in [-0.2, 0) is 0 Å². The van der Waals surface area contributed by atoms with Gasteiger partial charge in [0, 0.05) is 11.7 Å². The molecule has 0 heterocycles. The van der Waals surface area contributed by atoms with E-state index in [4.69, 9.17) is 5.26 Å². The third-order valence-corrected chi connectivity index (χ3v) is 3.82. The van der Waals surface area contributed by atoms with Crippen molar-refractivity contribution in [1.29, 1.82) is 5.26 Å². The average Bonchev–Trinajstić information content (AvgIpc) is 2.39. The molecule has 0 aliphatic heterocycles. The summed E-state index contributed by atoms with van der Waals surface area (Å²) in [6.45, 7) is 2.23. The predicted octanol–water partition coefficient (Wildman–Crippen LogP) is 4.08. The second kappa shape index (κ2) is 5.86. The minimum Gasteiger partial charge on any atom is -0.382 e. The van der Waals surface area contributed by atoms with Crippen molar-refractivity contribution in [2.75, 3.05) is 5.32 Å². The maximum absolute atomic E-state index is 13.5. The number of hydrogen-bond acceptors (Lipinski definition) is 2. The van der Waals surface area contributed by atoms with E-state index < -0.39 is 5.82 Å². The summed E-state index contributed by atoms with van der Waals surface area (Å²) in [5, 5.41) is 12.1. The van der Waals surface area contributed by atoms with E-state index in [0.29, 0.717) is 6.04 Å². The van der Waals surface area contributed by atoms with Gasteiger partial charge in [0.15, 0.2) is 0 Å². The summed E-state index contributed by atoms with van der Waals surface area (Å²) in [7, 11) is 0.